The number of carboxylic acids is 1. The molecular formula is C11H18N2O4. The Hall–Kier alpha value is -1.30. The predicted molar refractivity (Wildman–Crippen MR) is 59.7 cm³/mol. The first-order chi connectivity index (χ1) is 8.11. The number of aliphatic carboxylic acids is 1. The minimum Gasteiger partial charge on any atom is -0.481 e. The van der Waals surface area contributed by atoms with Gasteiger partial charge in [0, 0.05) is 20.1 Å². The van der Waals surface area contributed by atoms with Gasteiger partial charge in [-0.25, -0.2) is 4.79 Å². The van der Waals surface area contributed by atoms with Gasteiger partial charge in [0.05, 0.1) is 19.3 Å². The lowest BCUT2D eigenvalue weighted by Crippen LogP contribution is -2.49. The summed E-state index contributed by atoms with van der Waals surface area (Å²) >= 11 is 0. The number of likely N-dealkylation sites (N-methyl/N-ethyl adjacent to an activating group) is 1. The second-order valence-corrected chi connectivity index (χ2v) is 4.64. The number of ether oxygens (including phenoxy) is 1. The maximum absolute atomic E-state index is 12.1. The summed E-state index contributed by atoms with van der Waals surface area (Å²) in [6.45, 7) is 2.05. The standard InChI is InChI=1S/C11H18N2O4/c1-12(11(16)13-4-2-3-5-13)9-7-17-6-8(9)10(14)15/h8-9H,2-7H2,1H3,(H,14,15). The van der Waals surface area contributed by atoms with Crippen LogP contribution in [-0.2, 0) is 9.53 Å². The highest BCUT2D eigenvalue weighted by molar-refractivity contribution is 5.77. The Morgan fingerprint density at radius 1 is 1.29 bits per heavy atom. The Morgan fingerprint density at radius 3 is 2.53 bits per heavy atom. The summed E-state index contributed by atoms with van der Waals surface area (Å²) in [7, 11) is 1.66. The second kappa shape index (κ2) is 4.91. The molecular weight excluding hydrogens is 224 g/mol. The number of carbonyl (C=O) groups is 2. The summed E-state index contributed by atoms with van der Waals surface area (Å²) in [6.07, 6.45) is 2.06. The van der Waals surface area contributed by atoms with E-state index in [2.05, 4.69) is 0 Å². The van der Waals surface area contributed by atoms with Crippen molar-refractivity contribution in [2.45, 2.75) is 18.9 Å². The molecule has 0 aromatic heterocycles. The van der Waals surface area contributed by atoms with Gasteiger partial charge < -0.3 is 19.6 Å². The van der Waals surface area contributed by atoms with Crippen molar-refractivity contribution in [2.75, 3.05) is 33.4 Å². The normalized spacial score (nSPS) is 28.4. The third-order valence-electron chi connectivity index (χ3n) is 3.54. The Kier molecular flexibility index (Phi) is 3.51. The lowest BCUT2D eigenvalue weighted by molar-refractivity contribution is -0.142. The first-order valence-corrected chi connectivity index (χ1v) is 5.93. The number of amides is 2. The number of hydrogen-bond donors (Lipinski definition) is 1. The molecule has 17 heavy (non-hydrogen) atoms. The van der Waals surface area contributed by atoms with Crippen LogP contribution in [0.25, 0.3) is 0 Å². The van der Waals surface area contributed by atoms with Gasteiger partial charge in [0.25, 0.3) is 0 Å². The van der Waals surface area contributed by atoms with Gasteiger partial charge >= 0.3 is 12.0 Å². The number of carbonyl (C=O) groups excluding carboxylic acids is 1. The van der Waals surface area contributed by atoms with Gasteiger partial charge in [-0.05, 0) is 12.8 Å². The molecule has 2 fully saturated rings. The van der Waals surface area contributed by atoms with E-state index in [1.807, 2.05) is 0 Å². The zero-order chi connectivity index (χ0) is 12.4. The SMILES string of the molecule is CN(C(=O)N1CCCC1)C1COCC1C(=O)O. The van der Waals surface area contributed by atoms with Crippen LogP contribution in [0.1, 0.15) is 12.8 Å². The van der Waals surface area contributed by atoms with Crippen LogP contribution in [0, 0.1) is 5.92 Å². The quantitative estimate of drug-likeness (QED) is 0.752. The van der Waals surface area contributed by atoms with Gasteiger partial charge in [-0.15, -0.1) is 0 Å². The Labute approximate surface area is 100 Å². The maximum Gasteiger partial charge on any atom is 0.320 e. The topological polar surface area (TPSA) is 70.1 Å². The van der Waals surface area contributed by atoms with Crippen LogP contribution >= 0.6 is 0 Å². The highest BCUT2D eigenvalue weighted by Crippen LogP contribution is 2.21. The van der Waals surface area contributed by atoms with Crippen molar-refractivity contribution in [3.63, 3.8) is 0 Å². The average Bonchev–Trinajstić information content (AvgIpc) is 2.97. The van der Waals surface area contributed by atoms with Crippen LogP contribution in [0.4, 0.5) is 4.79 Å². The lowest BCUT2D eigenvalue weighted by atomic mass is 10.0. The summed E-state index contributed by atoms with van der Waals surface area (Å²) in [6, 6.07) is -0.426. The molecule has 96 valence electrons. The molecule has 0 saturated carbocycles. The summed E-state index contributed by atoms with van der Waals surface area (Å²) in [5, 5.41) is 9.05. The molecule has 1 N–H and O–H groups in total. The van der Waals surface area contributed by atoms with E-state index in [0.717, 1.165) is 25.9 Å². The van der Waals surface area contributed by atoms with Gasteiger partial charge in [0.2, 0.25) is 0 Å². The van der Waals surface area contributed by atoms with E-state index in [1.54, 1.807) is 11.9 Å². The molecule has 2 rings (SSSR count). The van der Waals surface area contributed by atoms with Crippen LogP contribution in [0.2, 0.25) is 0 Å². The monoisotopic (exact) mass is 242 g/mol. The van der Waals surface area contributed by atoms with Gasteiger partial charge in [-0.3, -0.25) is 4.79 Å². The molecule has 2 saturated heterocycles. The minimum absolute atomic E-state index is 0.0794. The van der Waals surface area contributed by atoms with Gasteiger partial charge in [0.15, 0.2) is 0 Å². The Morgan fingerprint density at radius 2 is 1.94 bits per heavy atom. The van der Waals surface area contributed by atoms with Crippen molar-refractivity contribution in [3.8, 4) is 0 Å². The third kappa shape index (κ3) is 2.36. The van der Waals surface area contributed by atoms with Crippen LogP contribution in [0.5, 0.6) is 0 Å². The van der Waals surface area contributed by atoms with Crippen molar-refractivity contribution >= 4 is 12.0 Å². The highest BCUT2D eigenvalue weighted by atomic mass is 16.5. The highest BCUT2D eigenvalue weighted by Gasteiger charge is 2.39. The summed E-state index contributed by atoms with van der Waals surface area (Å²) in [4.78, 5) is 26.4. The van der Waals surface area contributed by atoms with E-state index >= 15 is 0 Å². The molecule has 2 aliphatic rings. The minimum atomic E-state index is -0.895. The molecule has 0 radical (unpaired) electrons. The molecule has 2 aliphatic heterocycles. The van der Waals surface area contributed by atoms with Crippen LogP contribution < -0.4 is 0 Å². The lowest BCUT2D eigenvalue weighted by Gasteiger charge is -2.30. The van der Waals surface area contributed by atoms with E-state index < -0.39 is 11.9 Å². The average molecular weight is 242 g/mol. The van der Waals surface area contributed by atoms with Crippen molar-refractivity contribution < 1.29 is 19.4 Å². The van der Waals surface area contributed by atoms with Crippen molar-refractivity contribution in [3.05, 3.63) is 0 Å². The van der Waals surface area contributed by atoms with E-state index in [-0.39, 0.29) is 18.7 Å². The number of carboxylic acid groups (broad SMARTS) is 1. The van der Waals surface area contributed by atoms with Crippen LogP contribution in [-0.4, -0.2) is 66.3 Å². The number of rotatable bonds is 2. The first kappa shape index (κ1) is 12.2. The van der Waals surface area contributed by atoms with E-state index in [0.29, 0.717) is 6.61 Å². The molecule has 0 aliphatic carbocycles. The largest absolute Gasteiger partial charge is 0.481 e. The molecule has 6 heteroatoms. The maximum atomic E-state index is 12.1. The molecule has 0 spiro atoms. The summed E-state index contributed by atoms with van der Waals surface area (Å²) in [5.41, 5.74) is 0. The molecule has 0 aromatic rings. The number of urea groups is 1. The van der Waals surface area contributed by atoms with Crippen LogP contribution in [0.15, 0.2) is 0 Å². The Bertz CT molecular complexity index is 315. The fraction of sp³-hybridized carbons (Fsp3) is 0.818. The molecule has 2 atom stereocenters. The van der Waals surface area contributed by atoms with E-state index in [1.165, 1.54) is 4.90 Å². The molecule has 2 heterocycles. The van der Waals surface area contributed by atoms with Gasteiger partial charge in [-0.2, -0.15) is 0 Å². The van der Waals surface area contributed by atoms with Gasteiger partial charge in [0.1, 0.15) is 5.92 Å². The fourth-order valence-corrected chi connectivity index (χ4v) is 2.43. The van der Waals surface area contributed by atoms with Crippen molar-refractivity contribution in [1.82, 2.24) is 9.80 Å². The fourth-order valence-electron chi connectivity index (χ4n) is 2.43. The molecule has 2 unspecified atom stereocenters. The number of hydrogen-bond acceptors (Lipinski definition) is 3. The summed E-state index contributed by atoms with van der Waals surface area (Å²) < 4.78 is 5.17. The zero-order valence-corrected chi connectivity index (χ0v) is 9.96. The molecule has 6 nitrogen and oxygen atoms in total. The predicted octanol–water partition coefficient (Wildman–Crippen LogP) is 0.234. The van der Waals surface area contributed by atoms with Crippen molar-refractivity contribution in [1.29, 1.82) is 0 Å². The smallest absolute Gasteiger partial charge is 0.320 e. The summed E-state index contributed by atoms with van der Waals surface area (Å²) in [5.74, 6) is -1.50. The Balaban J connectivity index is 2.00. The molecule has 2 amide bonds. The first-order valence-electron chi connectivity index (χ1n) is 5.93. The molecule has 0 aromatic carbocycles. The second-order valence-electron chi connectivity index (χ2n) is 4.64. The zero-order valence-electron chi connectivity index (χ0n) is 9.96. The number of nitrogens with zero attached hydrogens (tertiary/aromatic N) is 2. The van der Waals surface area contributed by atoms with E-state index in [9.17, 15) is 9.59 Å². The van der Waals surface area contributed by atoms with E-state index in [4.69, 9.17) is 9.84 Å². The number of likely N-dealkylation sites (tertiary alicyclic amines) is 1. The molecule has 0 bridgehead atoms. The van der Waals surface area contributed by atoms with Crippen LogP contribution in [0.3, 0.4) is 0 Å². The van der Waals surface area contributed by atoms with Crippen molar-refractivity contribution in [2.24, 2.45) is 5.92 Å². The van der Waals surface area contributed by atoms with Gasteiger partial charge in [-0.1, -0.05) is 0 Å². The third-order valence-corrected chi connectivity index (χ3v) is 3.54.